The van der Waals surface area contributed by atoms with Gasteiger partial charge in [-0.1, -0.05) is 0 Å². The maximum atomic E-state index is 11.9. The lowest BCUT2D eigenvalue weighted by Crippen LogP contribution is -2.30. The molecule has 3 aromatic rings. The van der Waals surface area contributed by atoms with E-state index in [0.29, 0.717) is 6.54 Å². The number of amides is 2. The summed E-state index contributed by atoms with van der Waals surface area (Å²) in [6.45, 7) is 1.40. The molecular formula is C18H20N4O2. The Labute approximate surface area is 140 Å². The van der Waals surface area contributed by atoms with Gasteiger partial charge in [0.1, 0.15) is 11.4 Å². The SMILES string of the molecule is COc1ccc(NC(=O)NCCCn2ccc3cccnc32)cc1. The quantitative estimate of drug-likeness (QED) is 0.684. The number of carbonyl (C=O) groups is 1. The van der Waals surface area contributed by atoms with Gasteiger partial charge in [-0.05, 0) is 48.9 Å². The fraction of sp³-hybridized carbons (Fsp3) is 0.222. The predicted octanol–water partition coefficient (Wildman–Crippen LogP) is 3.26. The number of aryl methyl sites for hydroxylation is 1. The number of urea groups is 1. The van der Waals surface area contributed by atoms with Crippen molar-refractivity contribution in [3.05, 3.63) is 54.9 Å². The lowest BCUT2D eigenvalue weighted by Gasteiger charge is -2.09. The van der Waals surface area contributed by atoms with E-state index < -0.39 is 0 Å². The average Bonchev–Trinajstić information content (AvgIpc) is 3.03. The minimum Gasteiger partial charge on any atom is -0.497 e. The third-order valence-corrected chi connectivity index (χ3v) is 3.73. The van der Waals surface area contributed by atoms with Gasteiger partial charge in [-0.25, -0.2) is 9.78 Å². The number of hydrogen-bond donors (Lipinski definition) is 2. The van der Waals surface area contributed by atoms with Crippen LogP contribution in [0, 0.1) is 0 Å². The summed E-state index contributed by atoms with van der Waals surface area (Å²) in [5, 5.41) is 6.77. The van der Waals surface area contributed by atoms with Gasteiger partial charge < -0.3 is 19.9 Å². The molecule has 0 aliphatic rings. The van der Waals surface area contributed by atoms with Gasteiger partial charge in [-0.2, -0.15) is 0 Å². The Morgan fingerprint density at radius 3 is 2.83 bits per heavy atom. The van der Waals surface area contributed by atoms with Crippen LogP contribution in [0.15, 0.2) is 54.9 Å². The topological polar surface area (TPSA) is 68.2 Å². The molecule has 0 saturated heterocycles. The second-order valence-electron chi connectivity index (χ2n) is 5.39. The maximum Gasteiger partial charge on any atom is 0.319 e. The molecule has 0 unspecified atom stereocenters. The molecule has 2 heterocycles. The molecule has 6 nitrogen and oxygen atoms in total. The number of nitrogens with zero attached hydrogens (tertiary/aromatic N) is 2. The molecule has 0 aliphatic heterocycles. The Kier molecular flexibility index (Phi) is 4.96. The van der Waals surface area contributed by atoms with Crippen LogP contribution in [0.3, 0.4) is 0 Å². The van der Waals surface area contributed by atoms with E-state index in [9.17, 15) is 4.79 Å². The van der Waals surface area contributed by atoms with Crippen LogP contribution in [0.4, 0.5) is 10.5 Å². The van der Waals surface area contributed by atoms with Crippen molar-refractivity contribution in [3.63, 3.8) is 0 Å². The Hall–Kier alpha value is -3.02. The third kappa shape index (κ3) is 3.84. The molecule has 124 valence electrons. The van der Waals surface area contributed by atoms with Crippen molar-refractivity contribution >= 4 is 22.8 Å². The fourth-order valence-corrected chi connectivity index (χ4v) is 2.50. The zero-order valence-electron chi connectivity index (χ0n) is 13.5. The van der Waals surface area contributed by atoms with E-state index in [1.54, 1.807) is 37.6 Å². The van der Waals surface area contributed by atoms with Crippen molar-refractivity contribution in [2.75, 3.05) is 19.0 Å². The second-order valence-corrected chi connectivity index (χ2v) is 5.39. The maximum absolute atomic E-state index is 11.9. The summed E-state index contributed by atoms with van der Waals surface area (Å²) in [5.41, 5.74) is 1.70. The van der Waals surface area contributed by atoms with E-state index in [1.807, 2.05) is 24.4 Å². The molecule has 2 N–H and O–H groups in total. The highest BCUT2D eigenvalue weighted by molar-refractivity contribution is 5.89. The zero-order chi connectivity index (χ0) is 16.8. The molecule has 2 aromatic heterocycles. The van der Waals surface area contributed by atoms with Gasteiger partial charge in [0.2, 0.25) is 0 Å². The normalized spacial score (nSPS) is 10.5. The molecule has 2 amide bonds. The van der Waals surface area contributed by atoms with Crippen LogP contribution in [0.1, 0.15) is 6.42 Å². The molecule has 0 atom stereocenters. The number of rotatable bonds is 6. The molecule has 0 saturated carbocycles. The second kappa shape index (κ2) is 7.50. The first-order valence-electron chi connectivity index (χ1n) is 7.85. The monoisotopic (exact) mass is 324 g/mol. The van der Waals surface area contributed by atoms with Gasteiger partial charge in [0.05, 0.1) is 7.11 Å². The first-order chi connectivity index (χ1) is 11.8. The highest BCUT2D eigenvalue weighted by atomic mass is 16.5. The van der Waals surface area contributed by atoms with Gasteiger partial charge in [0, 0.05) is 36.6 Å². The van der Waals surface area contributed by atoms with Crippen LogP contribution in [-0.4, -0.2) is 29.2 Å². The van der Waals surface area contributed by atoms with E-state index in [0.717, 1.165) is 35.4 Å². The number of ether oxygens (including phenoxy) is 1. The Balaban J connectivity index is 1.43. The molecule has 0 aliphatic carbocycles. The van der Waals surface area contributed by atoms with Crippen LogP contribution in [0.2, 0.25) is 0 Å². The summed E-state index contributed by atoms with van der Waals surface area (Å²) in [6.07, 6.45) is 4.64. The molecular weight excluding hydrogens is 304 g/mol. The summed E-state index contributed by atoms with van der Waals surface area (Å²) < 4.78 is 7.18. The van der Waals surface area contributed by atoms with Crippen LogP contribution in [-0.2, 0) is 6.54 Å². The van der Waals surface area contributed by atoms with Gasteiger partial charge in [-0.3, -0.25) is 0 Å². The van der Waals surface area contributed by atoms with Gasteiger partial charge in [-0.15, -0.1) is 0 Å². The first kappa shape index (κ1) is 15.9. The highest BCUT2D eigenvalue weighted by Gasteiger charge is 2.03. The first-order valence-corrected chi connectivity index (χ1v) is 7.85. The zero-order valence-corrected chi connectivity index (χ0v) is 13.5. The van der Waals surface area contributed by atoms with E-state index in [-0.39, 0.29) is 6.03 Å². The van der Waals surface area contributed by atoms with Crippen LogP contribution in [0.5, 0.6) is 5.75 Å². The Morgan fingerprint density at radius 2 is 2.04 bits per heavy atom. The molecule has 0 spiro atoms. The van der Waals surface area contributed by atoms with Crippen molar-refractivity contribution < 1.29 is 9.53 Å². The third-order valence-electron chi connectivity index (χ3n) is 3.73. The summed E-state index contributed by atoms with van der Waals surface area (Å²) >= 11 is 0. The predicted molar refractivity (Wildman–Crippen MR) is 94.4 cm³/mol. The average molecular weight is 324 g/mol. The fourth-order valence-electron chi connectivity index (χ4n) is 2.50. The molecule has 0 radical (unpaired) electrons. The number of methoxy groups -OCH3 is 1. The standard InChI is InChI=1S/C18H20N4O2/c1-24-16-7-5-15(6-8-16)21-18(23)20-11-3-12-22-13-9-14-4-2-10-19-17(14)22/h2,4-10,13H,3,11-12H2,1H3,(H2,20,21,23). The van der Waals surface area contributed by atoms with E-state index >= 15 is 0 Å². The summed E-state index contributed by atoms with van der Waals surface area (Å²) in [6, 6.07) is 13.0. The number of pyridine rings is 1. The summed E-state index contributed by atoms with van der Waals surface area (Å²) in [5.74, 6) is 0.758. The Bertz CT molecular complexity index is 811. The van der Waals surface area contributed by atoms with Crippen molar-refractivity contribution in [2.24, 2.45) is 0 Å². The smallest absolute Gasteiger partial charge is 0.319 e. The van der Waals surface area contributed by atoms with Crippen LogP contribution < -0.4 is 15.4 Å². The Morgan fingerprint density at radius 1 is 1.21 bits per heavy atom. The molecule has 3 rings (SSSR count). The van der Waals surface area contributed by atoms with E-state index in [2.05, 4.69) is 20.2 Å². The molecule has 0 fully saturated rings. The summed E-state index contributed by atoms with van der Waals surface area (Å²) in [7, 11) is 1.61. The number of nitrogens with one attached hydrogen (secondary N) is 2. The highest BCUT2D eigenvalue weighted by Crippen LogP contribution is 2.15. The number of hydrogen-bond acceptors (Lipinski definition) is 3. The summed E-state index contributed by atoms with van der Waals surface area (Å²) in [4.78, 5) is 16.2. The van der Waals surface area contributed by atoms with Gasteiger partial charge >= 0.3 is 6.03 Å². The molecule has 24 heavy (non-hydrogen) atoms. The molecule has 6 heteroatoms. The van der Waals surface area contributed by atoms with Crippen molar-refractivity contribution in [1.29, 1.82) is 0 Å². The van der Waals surface area contributed by atoms with Crippen molar-refractivity contribution in [3.8, 4) is 5.75 Å². The number of fused-ring (bicyclic) bond motifs is 1. The number of aromatic nitrogens is 2. The minimum absolute atomic E-state index is 0.212. The molecule has 0 bridgehead atoms. The lowest BCUT2D eigenvalue weighted by atomic mass is 10.3. The van der Waals surface area contributed by atoms with Crippen molar-refractivity contribution in [1.82, 2.24) is 14.9 Å². The number of anilines is 1. The van der Waals surface area contributed by atoms with Gasteiger partial charge in [0.15, 0.2) is 0 Å². The van der Waals surface area contributed by atoms with E-state index in [1.165, 1.54) is 0 Å². The minimum atomic E-state index is -0.212. The number of benzene rings is 1. The van der Waals surface area contributed by atoms with Crippen LogP contribution >= 0.6 is 0 Å². The van der Waals surface area contributed by atoms with Gasteiger partial charge in [0.25, 0.3) is 0 Å². The van der Waals surface area contributed by atoms with Crippen molar-refractivity contribution in [2.45, 2.75) is 13.0 Å². The largest absolute Gasteiger partial charge is 0.497 e. The van der Waals surface area contributed by atoms with Crippen LogP contribution in [0.25, 0.3) is 11.0 Å². The molecule has 1 aromatic carbocycles. The van der Waals surface area contributed by atoms with E-state index in [4.69, 9.17) is 4.74 Å². The lowest BCUT2D eigenvalue weighted by molar-refractivity contribution is 0.252. The number of carbonyl (C=O) groups excluding carboxylic acids is 1.